The van der Waals surface area contributed by atoms with E-state index < -0.39 is 0 Å². The highest BCUT2D eigenvalue weighted by Gasteiger charge is 2.28. The van der Waals surface area contributed by atoms with Crippen LogP contribution in [0.1, 0.15) is 25.7 Å². The van der Waals surface area contributed by atoms with E-state index in [1.807, 2.05) is 0 Å². The van der Waals surface area contributed by atoms with E-state index in [9.17, 15) is 4.79 Å². The normalized spacial score (nSPS) is 16.5. The average Bonchev–Trinajstić information content (AvgIpc) is 2.79. The molecule has 1 amide bonds. The van der Waals surface area contributed by atoms with Gasteiger partial charge in [0.25, 0.3) is 0 Å². The Balaban J connectivity index is 1.89. The molecule has 0 aromatic rings. The molecule has 1 N–H and O–H groups in total. The topological polar surface area (TPSA) is 29.1 Å². The van der Waals surface area contributed by atoms with Crippen molar-refractivity contribution in [3.63, 3.8) is 0 Å². The van der Waals surface area contributed by atoms with Crippen molar-refractivity contribution in [3.8, 4) is 0 Å². The van der Waals surface area contributed by atoms with Gasteiger partial charge in [-0.15, -0.1) is 11.6 Å². The Morgan fingerprint density at radius 3 is 2.73 bits per heavy atom. The van der Waals surface area contributed by atoms with Crippen LogP contribution in [0.3, 0.4) is 0 Å². The Morgan fingerprint density at radius 1 is 1.45 bits per heavy atom. The first-order valence-corrected chi connectivity index (χ1v) is 4.71. The van der Waals surface area contributed by atoms with Gasteiger partial charge in [0.1, 0.15) is 0 Å². The Labute approximate surface area is 72.3 Å². The summed E-state index contributed by atoms with van der Waals surface area (Å²) in [7, 11) is 0. The first kappa shape index (κ1) is 8.85. The zero-order valence-electron chi connectivity index (χ0n) is 6.61. The highest BCUT2D eigenvalue weighted by Crippen LogP contribution is 2.28. The molecular formula is C8H14ClNO. The van der Waals surface area contributed by atoms with Crippen molar-refractivity contribution >= 4 is 17.5 Å². The standard InChI is InChI=1S/C8H14ClNO/c9-5-1-2-6-10-8(11)7-3-4-7/h7H,1-6H2,(H,10,11). The van der Waals surface area contributed by atoms with Crippen LogP contribution >= 0.6 is 11.6 Å². The summed E-state index contributed by atoms with van der Waals surface area (Å²) >= 11 is 5.48. The molecule has 0 atom stereocenters. The lowest BCUT2D eigenvalue weighted by atomic mass is 10.3. The van der Waals surface area contributed by atoms with Gasteiger partial charge in [0, 0.05) is 18.3 Å². The van der Waals surface area contributed by atoms with Crippen molar-refractivity contribution in [2.75, 3.05) is 12.4 Å². The van der Waals surface area contributed by atoms with Crippen LogP contribution in [0.4, 0.5) is 0 Å². The molecular weight excluding hydrogens is 162 g/mol. The van der Waals surface area contributed by atoms with Crippen molar-refractivity contribution in [3.05, 3.63) is 0 Å². The van der Waals surface area contributed by atoms with Crippen LogP contribution < -0.4 is 5.32 Å². The fourth-order valence-corrected chi connectivity index (χ4v) is 1.11. The second-order valence-corrected chi connectivity index (χ2v) is 3.34. The quantitative estimate of drug-likeness (QED) is 0.499. The number of amides is 1. The molecule has 0 spiro atoms. The van der Waals surface area contributed by atoms with Gasteiger partial charge in [-0.05, 0) is 25.7 Å². The summed E-state index contributed by atoms with van der Waals surface area (Å²) in [5.74, 6) is 1.27. The van der Waals surface area contributed by atoms with E-state index in [4.69, 9.17) is 11.6 Å². The number of nitrogens with one attached hydrogen (secondary N) is 1. The lowest BCUT2D eigenvalue weighted by Gasteiger charge is -2.01. The summed E-state index contributed by atoms with van der Waals surface area (Å²) in [5.41, 5.74) is 0. The van der Waals surface area contributed by atoms with Crippen LogP contribution in [-0.4, -0.2) is 18.3 Å². The van der Waals surface area contributed by atoms with Gasteiger partial charge in [0.2, 0.25) is 5.91 Å². The summed E-state index contributed by atoms with van der Waals surface area (Å²) < 4.78 is 0. The van der Waals surface area contributed by atoms with Crippen LogP contribution in [0.5, 0.6) is 0 Å². The zero-order valence-corrected chi connectivity index (χ0v) is 7.36. The molecule has 1 fully saturated rings. The van der Waals surface area contributed by atoms with Gasteiger partial charge in [-0.3, -0.25) is 4.79 Å². The van der Waals surface area contributed by atoms with Crippen molar-refractivity contribution < 1.29 is 4.79 Å². The molecule has 1 rings (SSSR count). The summed E-state index contributed by atoms with van der Waals surface area (Å²) in [6.45, 7) is 0.794. The molecule has 0 aromatic carbocycles. The van der Waals surface area contributed by atoms with Gasteiger partial charge < -0.3 is 5.32 Å². The largest absolute Gasteiger partial charge is 0.356 e. The molecule has 1 saturated carbocycles. The van der Waals surface area contributed by atoms with E-state index in [2.05, 4.69) is 5.32 Å². The second-order valence-electron chi connectivity index (χ2n) is 2.96. The monoisotopic (exact) mass is 175 g/mol. The van der Waals surface area contributed by atoms with Crippen molar-refractivity contribution in [1.82, 2.24) is 5.32 Å². The molecule has 0 aliphatic heterocycles. The number of alkyl halides is 1. The second kappa shape index (κ2) is 4.60. The Bertz CT molecular complexity index is 134. The molecule has 0 saturated heterocycles. The van der Waals surface area contributed by atoms with Gasteiger partial charge in [0.15, 0.2) is 0 Å². The number of halogens is 1. The first-order valence-electron chi connectivity index (χ1n) is 4.18. The van der Waals surface area contributed by atoms with Crippen LogP contribution in [0.25, 0.3) is 0 Å². The molecule has 0 bridgehead atoms. The average molecular weight is 176 g/mol. The smallest absolute Gasteiger partial charge is 0.223 e. The fourth-order valence-electron chi connectivity index (χ4n) is 0.921. The number of hydrogen-bond donors (Lipinski definition) is 1. The van der Waals surface area contributed by atoms with Crippen molar-refractivity contribution in [2.45, 2.75) is 25.7 Å². The van der Waals surface area contributed by atoms with Gasteiger partial charge in [-0.2, -0.15) is 0 Å². The first-order chi connectivity index (χ1) is 5.34. The van der Waals surface area contributed by atoms with Crippen molar-refractivity contribution in [1.29, 1.82) is 0 Å². The maximum atomic E-state index is 11.0. The predicted octanol–water partition coefficient (Wildman–Crippen LogP) is 1.53. The summed E-state index contributed by atoms with van der Waals surface area (Å²) in [5, 5.41) is 2.88. The van der Waals surface area contributed by atoms with Gasteiger partial charge >= 0.3 is 0 Å². The van der Waals surface area contributed by atoms with Crippen LogP contribution in [0.2, 0.25) is 0 Å². The van der Waals surface area contributed by atoms with Gasteiger partial charge in [0.05, 0.1) is 0 Å². The third kappa shape index (κ3) is 3.61. The third-order valence-electron chi connectivity index (χ3n) is 1.81. The molecule has 0 radical (unpaired) electrons. The van der Waals surface area contributed by atoms with Crippen LogP contribution in [0.15, 0.2) is 0 Å². The molecule has 0 unspecified atom stereocenters. The molecule has 1 aliphatic carbocycles. The van der Waals surface area contributed by atoms with E-state index in [0.29, 0.717) is 11.8 Å². The molecule has 11 heavy (non-hydrogen) atoms. The molecule has 1 aliphatic rings. The molecule has 64 valence electrons. The maximum Gasteiger partial charge on any atom is 0.223 e. The number of carbonyl (C=O) groups excluding carboxylic acids is 1. The van der Waals surface area contributed by atoms with Crippen molar-refractivity contribution in [2.24, 2.45) is 5.92 Å². The molecule has 3 heteroatoms. The Hall–Kier alpha value is -0.240. The molecule has 0 aromatic heterocycles. The maximum absolute atomic E-state index is 11.0. The summed E-state index contributed by atoms with van der Waals surface area (Å²) in [6, 6.07) is 0. The minimum atomic E-state index is 0.236. The highest BCUT2D eigenvalue weighted by atomic mass is 35.5. The van der Waals surface area contributed by atoms with E-state index in [-0.39, 0.29) is 5.91 Å². The predicted molar refractivity (Wildman–Crippen MR) is 45.7 cm³/mol. The number of rotatable bonds is 5. The highest BCUT2D eigenvalue weighted by molar-refractivity contribution is 6.17. The molecule has 2 nitrogen and oxygen atoms in total. The Morgan fingerprint density at radius 2 is 2.18 bits per heavy atom. The molecule has 0 heterocycles. The minimum Gasteiger partial charge on any atom is -0.356 e. The SMILES string of the molecule is O=C(NCCCCCl)C1CC1. The van der Waals surface area contributed by atoms with Gasteiger partial charge in [-0.25, -0.2) is 0 Å². The van der Waals surface area contributed by atoms with E-state index in [1.54, 1.807) is 0 Å². The van der Waals surface area contributed by atoms with Crippen LogP contribution in [-0.2, 0) is 4.79 Å². The zero-order chi connectivity index (χ0) is 8.10. The summed E-state index contributed by atoms with van der Waals surface area (Å²) in [4.78, 5) is 11.0. The van der Waals surface area contributed by atoms with E-state index in [0.717, 1.165) is 32.2 Å². The number of hydrogen-bond acceptors (Lipinski definition) is 1. The minimum absolute atomic E-state index is 0.236. The number of unbranched alkanes of at least 4 members (excludes halogenated alkanes) is 1. The summed E-state index contributed by atoms with van der Waals surface area (Å²) in [6.07, 6.45) is 4.16. The lowest BCUT2D eigenvalue weighted by molar-refractivity contribution is -0.122. The fraction of sp³-hybridized carbons (Fsp3) is 0.875. The van der Waals surface area contributed by atoms with Crippen LogP contribution in [0, 0.1) is 5.92 Å². The third-order valence-corrected chi connectivity index (χ3v) is 2.08. The Kier molecular flexibility index (Phi) is 3.70. The van der Waals surface area contributed by atoms with Gasteiger partial charge in [-0.1, -0.05) is 0 Å². The number of carbonyl (C=O) groups is 1. The van der Waals surface area contributed by atoms with E-state index >= 15 is 0 Å². The van der Waals surface area contributed by atoms with E-state index in [1.165, 1.54) is 0 Å². The lowest BCUT2D eigenvalue weighted by Crippen LogP contribution is -2.25.